The molecule has 2 bridgehead atoms. The van der Waals surface area contributed by atoms with Crippen LogP contribution < -0.4 is 0 Å². The second-order valence-electron chi connectivity index (χ2n) is 11.0. The number of carbonyl (C=O) groups is 1. The zero-order valence-corrected chi connectivity index (χ0v) is 21.6. The number of rotatable bonds is 3. The summed E-state index contributed by atoms with van der Waals surface area (Å²) in [6, 6.07) is 0. The number of epoxide rings is 1. The Hall–Kier alpha value is -1.77. The molecule has 0 aromatic carbocycles. The molecule has 9 atom stereocenters. The van der Waals surface area contributed by atoms with Crippen molar-refractivity contribution in [3.8, 4) is 0 Å². The summed E-state index contributed by atoms with van der Waals surface area (Å²) in [5, 5.41) is 21.6. The van der Waals surface area contributed by atoms with E-state index in [4.69, 9.17) is 18.9 Å². The molecule has 0 unspecified atom stereocenters. The first-order valence-corrected chi connectivity index (χ1v) is 13.4. The van der Waals surface area contributed by atoms with Crippen LogP contribution in [0.5, 0.6) is 0 Å². The Morgan fingerprint density at radius 1 is 1.14 bits per heavy atom. The summed E-state index contributed by atoms with van der Waals surface area (Å²) >= 11 is 0. The Kier molecular flexibility index (Phi) is 9.58. The number of carbonyl (C=O) groups excluding carboxylic acids is 1. The number of aliphatic hydroxyl groups is 2. The van der Waals surface area contributed by atoms with Crippen LogP contribution in [-0.4, -0.2) is 71.6 Å². The van der Waals surface area contributed by atoms with Crippen molar-refractivity contribution in [1.29, 1.82) is 0 Å². The lowest BCUT2D eigenvalue weighted by atomic mass is 9.91. The Balaban J connectivity index is 1.42. The highest BCUT2D eigenvalue weighted by Crippen LogP contribution is 2.35. The SMILES string of the molecule is C=C1C[C@H](C)C[C@@H]2CC[C@@H](C/C=C\C(=O)O[C@H]([C@@H](O)/C=C/[C@@H]3CC(C)=CCO3)C[C@H]3O[C@H]3[C@@H](O)C1)O2. The van der Waals surface area contributed by atoms with Crippen molar-refractivity contribution in [3.63, 3.8) is 0 Å². The van der Waals surface area contributed by atoms with Gasteiger partial charge in [-0.25, -0.2) is 4.79 Å². The quantitative estimate of drug-likeness (QED) is 0.343. The van der Waals surface area contributed by atoms with Crippen molar-refractivity contribution in [2.24, 2.45) is 5.92 Å². The van der Waals surface area contributed by atoms with Gasteiger partial charge in [0, 0.05) is 12.5 Å². The Morgan fingerprint density at radius 3 is 2.75 bits per heavy atom. The summed E-state index contributed by atoms with van der Waals surface area (Å²) in [4.78, 5) is 12.6. The van der Waals surface area contributed by atoms with E-state index in [-0.39, 0.29) is 30.5 Å². The first kappa shape index (κ1) is 27.3. The first-order chi connectivity index (χ1) is 17.3. The molecule has 0 saturated carbocycles. The van der Waals surface area contributed by atoms with E-state index < -0.39 is 24.3 Å². The molecule has 36 heavy (non-hydrogen) atoms. The fourth-order valence-corrected chi connectivity index (χ4v) is 5.58. The Labute approximate surface area is 214 Å². The average molecular weight is 503 g/mol. The predicted octanol–water partition coefficient (Wildman–Crippen LogP) is 3.94. The molecule has 2 N–H and O–H groups in total. The van der Waals surface area contributed by atoms with E-state index in [1.807, 2.05) is 12.2 Å². The normalized spacial score (nSPS) is 40.5. The molecule has 0 spiro atoms. The lowest BCUT2D eigenvalue weighted by Crippen LogP contribution is -2.32. The number of ether oxygens (including phenoxy) is 4. The third-order valence-corrected chi connectivity index (χ3v) is 7.55. The molecule has 4 aliphatic heterocycles. The minimum absolute atomic E-state index is 0.105. The van der Waals surface area contributed by atoms with E-state index in [1.165, 1.54) is 11.6 Å². The minimum Gasteiger partial charge on any atom is -0.456 e. The van der Waals surface area contributed by atoms with Gasteiger partial charge in [-0.05, 0) is 57.8 Å². The van der Waals surface area contributed by atoms with Crippen LogP contribution in [0.1, 0.15) is 65.2 Å². The molecular weight excluding hydrogens is 460 g/mol. The van der Waals surface area contributed by atoms with E-state index >= 15 is 0 Å². The van der Waals surface area contributed by atoms with Gasteiger partial charge in [0.2, 0.25) is 0 Å². The van der Waals surface area contributed by atoms with E-state index in [2.05, 4.69) is 20.4 Å². The molecule has 7 nitrogen and oxygen atoms in total. The topological polar surface area (TPSA) is 97.8 Å². The third kappa shape index (κ3) is 8.12. The largest absolute Gasteiger partial charge is 0.456 e. The number of cyclic esters (lactones) is 1. The van der Waals surface area contributed by atoms with Crippen LogP contribution in [0.15, 0.2) is 48.1 Å². The molecule has 4 heterocycles. The maximum Gasteiger partial charge on any atom is 0.330 e. The lowest BCUT2D eigenvalue weighted by Gasteiger charge is -2.22. The van der Waals surface area contributed by atoms with Gasteiger partial charge in [0.25, 0.3) is 0 Å². The Morgan fingerprint density at radius 2 is 1.94 bits per heavy atom. The number of aliphatic hydroxyl groups excluding tert-OH is 2. The molecule has 2 fully saturated rings. The number of hydrogen-bond acceptors (Lipinski definition) is 7. The van der Waals surface area contributed by atoms with Gasteiger partial charge >= 0.3 is 5.97 Å². The third-order valence-electron chi connectivity index (χ3n) is 7.55. The van der Waals surface area contributed by atoms with Crippen molar-refractivity contribution >= 4 is 5.97 Å². The molecule has 0 aromatic rings. The molecule has 4 rings (SSSR count). The zero-order chi connectivity index (χ0) is 25.7. The van der Waals surface area contributed by atoms with E-state index in [0.29, 0.717) is 31.8 Å². The highest BCUT2D eigenvalue weighted by atomic mass is 16.6. The maximum atomic E-state index is 12.6. The van der Waals surface area contributed by atoms with Crippen LogP contribution in [0.3, 0.4) is 0 Å². The number of fused-ring (bicyclic) bond motifs is 3. The molecule has 0 aromatic heterocycles. The monoisotopic (exact) mass is 502 g/mol. The van der Waals surface area contributed by atoms with Gasteiger partial charge in [0.05, 0.1) is 37.1 Å². The summed E-state index contributed by atoms with van der Waals surface area (Å²) < 4.78 is 23.3. The summed E-state index contributed by atoms with van der Waals surface area (Å²) in [6.45, 7) is 8.99. The van der Waals surface area contributed by atoms with E-state index in [1.54, 1.807) is 12.2 Å². The number of hydrogen-bond donors (Lipinski definition) is 2. The van der Waals surface area contributed by atoms with Crippen molar-refractivity contribution in [1.82, 2.24) is 0 Å². The van der Waals surface area contributed by atoms with Crippen LogP contribution in [0.4, 0.5) is 0 Å². The van der Waals surface area contributed by atoms with Gasteiger partial charge < -0.3 is 29.2 Å². The van der Waals surface area contributed by atoms with Crippen LogP contribution in [0.2, 0.25) is 0 Å². The molecule has 2 saturated heterocycles. The van der Waals surface area contributed by atoms with Gasteiger partial charge in [0.1, 0.15) is 18.3 Å². The predicted molar refractivity (Wildman–Crippen MR) is 136 cm³/mol. The maximum absolute atomic E-state index is 12.6. The lowest BCUT2D eigenvalue weighted by molar-refractivity contribution is -0.148. The van der Waals surface area contributed by atoms with Gasteiger partial charge in [-0.1, -0.05) is 49.0 Å². The fraction of sp³-hybridized carbons (Fsp3) is 0.690. The molecule has 7 heteroatoms. The summed E-state index contributed by atoms with van der Waals surface area (Å²) in [5.74, 6) is -0.0805. The standard InChI is InChI=1S/C29H42O7/c1-18-11-12-33-22(14-18)9-10-24(30)26-17-27-29(36-27)25(31)16-20(3)13-19(2)15-23-8-7-21(34-23)5-4-6-28(32)35-26/h4,6,9-11,19,21-27,29-31H,3,5,7-8,12-17H2,1-2H3/b6-4-,10-9+/t19-,21+,22+,23-,24-,25-,26-,27+,29-/m0/s1. The molecule has 200 valence electrons. The summed E-state index contributed by atoms with van der Waals surface area (Å²) in [5.41, 5.74) is 2.25. The Bertz CT molecular complexity index is 862. The molecular formula is C29H42O7. The van der Waals surface area contributed by atoms with E-state index in [0.717, 1.165) is 37.7 Å². The van der Waals surface area contributed by atoms with Gasteiger partial charge in [-0.3, -0.25) is 0 Å². The molecule has 0 aliphatic carbocycles. The molecule has 0 radical (unpaired) electrons. The van der Waals surface area contributed by atoms with Crippen LogP contribution in [0.25, 0.3) is 0 Å². The van der Waals surface area contributed by atoms with Gasteiger partial charge in [0.15, 0.2) is 0 Å². The average Bonchev–Trinajstić information content (AvgIpc) is 3.45. The highest BCUT2D eigenvalue weighted by Gasteiger charge is 2.46. The van der Waals surface area contributed by atoms with Gasteiger partial charge in [-0.2, -0.15) is 0 Å². The van der Waals surface area contributed by atoms with Crippen LogP contribution >= 0.6 is 0 Å². The second kappa shape index (κ2) is 12.7. The first-order valence-electron chi connectivity index (χ1n) is 13.4. The smallest absolute Gasteiger partial charge is 0.330 e. The van der Waals surface area contributed by atoms with Crippen molar-refractivity contribution in [2.45, 2.75) is 114 Å². The van der Waals surface area contributed by atoms with Gasteiger partial charge in [-0.15, -0.1) is 0 Å². The summed E-state index contributed by atoms with van der Waals surface area (Å²) in [6.07, 6.45) is 11.8. The van der Waals surface area contributed by atoms with Crippen molar-refractivity contribution < 1.29 is 34.0 Å². The van der Waals surface area contributed by atoms with Crippen LogP contribution in [0, 0.1) is 5.92 Å². The van der Waals surface area contributed by atoms with Crippen molar-refractivity contribution in [3.05, 3.63) is 48.1 Å². The minimum atomic E-state index is -1.01. The van der Waals surface area contributed by atoms with E-state index in [9.17, 15) is 15.0 Å². The highest BCUT2D eigenvalue weighted by molar-refractivity contribution is 5.82. The number of esters is 1. The molecule has 4 aliphatic rings. The fourth-order valence-electron chi connectivity index (χ4n) is 5.58. The summed E-state index contributed by atoms with van der Waals surface area (Å²) in [7, 11) is 0. The molecule has 0 amide bonds. The van der Waals surface area contributed by atoms with Crippen molar-refractivity contribution in [2.75, 3.05) is 6.61 Å². The van der Waals surface area contributed by atoms with Crippen LogP contribution in [-0.2, 0) is 23.7 Å². The zero-order valence-electron chi connectivity index (χ0n) is 21.6. The second-order valence-corrected chi connectivity index (χ2v) is 11.0.